The van der Waals surface area contributed by atoms with E-state index in [0.29, 0.717) is 35.2 Å². The van der Waals surface area contributed by atoms with Gasteiger partial charge in [-0.1, -0.05) is 46.4 Å². The maximum absolute atomic E-state index is 11.4. The van der Waals surface area contributed by atoms with Crippen LogP contribution in [0, 0.1) is 0 Å². The lowest BCUT2D eigenvalue weighted by Gasteiger charge is -2.14. The molecule has 0 heterocycles. The summed E-state index contributed by atoms with van der Waals surface area (Å²) in [5, 5.41) is 0.995. The van der Waals surface area contributed by atoms with Gasteiger partial charge in [0.25, 0.3) is 0 Å². The minimum Gasteiger partial charge on any atom is -0.492 e. The van der Waals surface area contributed by atoms with Crippen LogP contribution in [0.1, 0.15) is 12.8 Å². The number of hydrogen-bond acceptors (Lipinski definition) is 3. The van der Waals surface area contributed by atoms with Gasteiger partial charge in [-0.15, -0.1) is 11.6 Å². The van der Waals surface area contributed by atoms with Gasteiger partial charge < -0.3 is 9.47 Å². The normalized spacial score (nSPS) is 11.3. The molecule has 0 N–H and O–H groups in total. The zero-order chi connectivity index (χ0) is 15.9. The van der Waals surface area contributed by atoms with Gasteiger partial charge in [-0.05, 0) is 31.0 Å². The number of esters is 1. The van der Waals surface area contributed by atoms with Crippen LogP contribution in [0.2, 0.25) is 10.0 Å². The third kappa shape index (κ3) is 6.70. The fourth-order valence-corrected chi connectivity index (χ4v) is 1.98. The highest BCUT2D eigenvalue weighted by Gasteiger charge is 2.34. The molecule has 0 bridgehead atoms. The van der Waals surface area contributed by atoms with E-state index in [1.807, 2.05) is 0 Å². The van der Waals surface area contributed by atoms with Crippen molar-refractivity contribution in [2.24, 2.45) is 0 Å². The second kappa shape index (κ2) is 9.16. The van der Waals surface area contributed by atoms with E-state index in [4.69, 9.17) is 67.5 Å². The summed E-state index contributed by atoms with van der Waals surface area (Å²) < 4.78 is 8.69. The van der Waals surface area contributed by atoms with Crippen LogP contribution in [-0.4, -0.2) is 29.4 Å². The first kappa shape index (κ1) is 19.0. The van der Waals surface area contributed by atoms with Crippen molar-refractivity contribution < 1.29 is 14.3 Å². The van der Waals surface area contributed by atoms with Crippen LogP contribution in [0.4, 0.5) is 0 Å². The number of carbonyl (C=O) groups excluding carboxylic acids is 1. The van der Waals surface area contributed by atoms with Crippen LogP contribution in [0.3, 0.4) is 0 Å². The molecule has 118 valence electrons. The molecule has 1 rings (SSSR count). The van der Waals surface area contributed by atoms with Gasteiger partial charge in [0.2, 0.25) is 4.33 Å². The Labute approximate surface area is 148 Å². The van der Waals surface area contributed by atoms with E-state index in [1.165, 1.54) is 0 Å². The third-order valence-corrected chi connectivity index (χ3v) is 4.17. The Hall–Kier alpha value is -0.0600. The van der Waals surface area contributed by atoms with Gasteiger partial charge in [-0.3, -0.25) is 0 Å². The Bertz CT molecular complexity index is 479. The second-order valence-corrected chi connectivity index (χ2v) is 6.70. The molecule has 0 spiro atoms. The van der Waals surface area contributed by atoms with E-state index in [9.17, 15) is 4.79 Å². The van der Waals surface area contributed by atoms with Crippen LogP contribution in [0.15, 0.2) is 18.2 Å². The smallest absolute Gasteiger partial charge is 0.343 e. The molecule has 1 aromatic rings. The zero-order valence-electron chi connectivity index (χ0n) is 10.9. The maximum Gasteiger partial charge on any atom is 0.343 e. The van der Waals surface area contributed by atoms with Gasteiger partial charge in [0, 0.05) is 5.02 Å². The predicted octanol–water partition coefficient (Wildman–Crippen LogP) is 5.11. The molecule has 0 aliphatic rings. The molecule has 0 aliphatic heterocycles. The molecular formula is C13H13Cl5O3. The molecule has 0 radical (unpaired) electrons. The molecular weight excluding hydrogens is 381 g/mol. The van der Waals surface area contributed by atoms with Gasteiger partial charge in [-0.2, -0.15) is 0 Å². The minimum atomic E-state index is -1.70. The van der Waals surface area contributed by atoms with Crippen molar-refractivity contribution in [1.82, 2.24) is 0 Å². The van der Waals surface area contributed by atoms with Gasteiger partial charge in [0.05, 0.1) is 24.1 Å². The predicted molar refractivity (Wildman–Crippen MR) is 87.3 cm³/mol. The Morgan fingerprint density at radius 3 is 2.43 bits per heavy atom. The fraction of sp³-hybridized carbons (Fsp3) is 0.462. The first-order valence-corrected chi connectivity index (χ1v) is 8.10. The van der Waals surface area contributed by atoms with Crippen LogP contribution >= 0.6 is 58.0 Å². The van der Waals surface area contributed by atoms with E-state index in [0.717, 1.165) is 0 Å². The maximum atomic E-state index is 11.4. The van der Waals surface area contributed by atoms with Crippen molar-refractivity contribution in [3.05, 3.63) is 28.2 Å². The molecule has 1 aromatic carbocycles. The SMILES string of the molecule is O=C(OCCCCOc1ccc(Cl)cc1Cl)C(Cl)(Cl)CCl. The van der Waals surface area contributed by atoms with Crippen molar-refractivity contribution >= 4 is 64.0 Å². The average molecular weight is 395 g/mol. The highest BCUT2D eigenvalue weighted by Crippen LogP contribution is 2.27. The lowest BCUT2D eigenvalue weighted by atomic mass is 10.3. The number of benzene rings is 1. The summed E-state index contributed by atoms with van der Waals surface area (Å²) in [5.41, 5.74) is 0. The zero-order valence-corrected chi connectivity index (χ0v) is 14.7. The van der Waals surface area contributed by atoms with Crippen LogP contribution in [0.5, 0.6) is 5.75 Å². The summed E-state index contributed by atoms with van der Waals surface area (Å²) in [6.45, 7) is 0.621. The Kier molecular flexibility index (Phi) is 8.28. The number of rotatable bonds is 8. The molecule has 21 heavy (non-hydrogen) atoms. The highest BCUT2D eigenvalue weighted by molar-refractivity contribution is 6.60. The Balaban J connectivity index is 2.19. The Morgan fingerprint density at radius 2 is 1.81 bits per heavy atom. The van der Waals surface area contributed by atoms with Crippen LogP contribution in [-0.2, 0) is 9.53 Å². The number of unbranched alkanes of at least 4 members (excludes halogenated alkanes) is 1. The number of ether oxygens (including phenoxy) is 2. The summed E-state index contributed by atoms with van der Waals surface area (Å²) in [6.07, 6.45) is 1.27. The van der Waals surface area contributed by atoms with Crippen molar-refractivity contribution in [3.8, 4) is 5.75 Å². The molecule has 0 saturated carbocycles. The van der Waals surface area contributed by atoms with Crippen molar-refractivity contribution in [3.63, 3.8) is 0 Å². The molecule has 0 unspecified atom stereocenters. The van der Waals surface area contributed by atoms with Crippen LogP contribution in [0.25, 0.3) is 0 Å². The largest absolute Gasteiger partial charge is 0.492 e. The summed E-state index contributed by atoms with van der Waals surface area (Å²) in [7, 11) is 0. The topological polar surface area (TPSA) is 35.5 Å². The molecule has 8 heteroatoms. The van der Waals surface area contributed by atoms with Crippen LogP contribution < -0.4 is 4.74 Å². The van der Waals surface area contributed by atoms with Gasteiger partial charge in [-0.25, -0.2) is 4.79 Å². The van der Waals surface area contributed by atoms with E-state index >= 15 is 0 Å². The van der Waals surface area contributed by atoms with E-state index in [-0.39, 0.29) is 12.5 Å². The van der Waals surface area contributed by atoms with Gasteiger partial charge in [0.1, 0.15) is 5.75 Å². The summed E-state index contributed by atoms with van der Waals surface area (Å²) in [5.74, 6) is -0.420. The number of hydrogen-bond donors (Lipinski definition) is 0. The first-order valence-electron chi connectivity index (χ1n) is 6.05. The average Bonchev–Trinajstić information content (AvgIpc) is 2.44. The number of alkyl halides is 3. The molecule has 0 amide bonds. The molecule has 0 aromatic heterocycles. The van der Waals surface area contributed by atoms with E-state index < -0.39 is 10.3 Å². The minimum absolute atomic E-state index is 0.189. The molecule has 0 fully saturated rings. The van der Waals surface area contributed by atoms with E-state index in [2.05, 4.69) is 0 Å². The molecule has 0 saturated heterocycles. The van der Waals surface area contributed by atoms with E-state index in [1.54, 1.807) is 18.2 Å². The summed E-state index contributed by atoms with van der Waals surface area (Å²) in [4.78, 5) is 11.4. The van der Waals surface area contributed by atoms with Crippen molar-refractivity contribution in [2.45, 2.75) is 17.2 Å². The fourth-order valence-electron chi connectivity index (χ4n) is 1.30. The highest BCUT2D eigenvalue weighted by atomic mass is 35.5. The molecule has 3 nitrogen and oxygen atoms in total. The quantitative estimate of drug-likeness (QED) is 0.349. The van der Waals surface area contributed by atoms with Gasteiger partial charge in [0.15, 0.2) is 0 Å². The second-order valence-electron chi connectivity index (χ2n) is 4.10. The third-order valence-electron chi connectivity index (χ3n) is 2.39. The molecule has 0 aliphatic carbocycles. The Morgan fingerprint density at radius 1 is 1.14 bits per heavy atom. The van der Waals surface area contributed by atoms with Crippen molar-refractivity contribution in [1.29, 1.82) is 0 Å². The van der Waals surface area contributed by atoms with Gasteiger partial charge >= 0.3 is 5.97 Å². The van der Waals surface area contributed by atoms with Crippen molar-refractivity contribution in [2.75, 3.05) is 19.1 Å². The molecule has 0 atom stereocenters. The lowest BCUT2D eigenvalue weighted by molar-refractivity contribution is -0.144. The summed E-state index contributed by atoms with van der Waals surface area (Å²) in [6, 6.07) is 4.99. The number of carbonyl (C=O) groups is 1. The number of halogens is 5. The standard InChI is InChI=1S/C13H13Cl5O3/c14-8-13(17,18)12(19)21-6-2-1-5-20-11-4-3-9(15)7-10(11)16/h3-4,7H,1-2,5-6,8H2. The monoisotopic (exact) mass is 392 g/mol. The summed E-state index contributed by atoms with van der Waals surface area (Å²) >= 11 is 28.4. The first-order chi connectivity index (χ1) is 9.86. The lowest BCUT2D eigenvalue weighted by Crippen LogP contribution is -2.30.